The zero-order valence-corrected chi connectivity index (χ0v) is 17.6. The number of fused-ring (bicyclic) bond motifs is 1. The molecule has 0 spiro atoms. The lowest BCUT2D eigenvalue weighted by Gasteiger charge is -2.16. The highest BCUT2D eigenvalue weighted by Crippen LogP contribution is 2.39. The number of rotatable bonds is 6. The van der Waals surface area contributed by atoms with Crippen molar-refractivity contribution >= 4 is 17.9 Å². The van der Waals surface area contributed by atoms with Crippen molar-refractivity contribution in [3.05, 3.63) is 58.8 Å². The molecule has 0 fully saturated rings. The second-order valence-corrected chi connectivity index (χ2v) is 6.66. The Morgan fingerprint density at radius 3 is 2.35 bits per heavy atom. The van der Waals surface area contributed by atoms with Gasteiger partial charge in [0.2, 0.25) is 11.6 Å². The van der Waals surface area contributed by atoms with Gasteiger partial charge in [-0.05, 0) is 42.0 Å². The van der Waals surface area contributed by atoms with Crippen molar-refractivity contribution in [3.63, 3.8) is 0 Å². The Labute approximate surface area is 179 Å². The third kappa shape index (κ3) is 3.92. The molecule has 0 N–H and O–H groups in total. The number of methoxy groups -OCH3 is 4. The van der Waals surface area contributed by atoms with Gasteiger partial charge in [0, 0.05) is 17.2 Å². The first-order chi connectivity index (χ1) is 15.1. The molecule has 0 radical (unpaired) electrons. The van der Waals surface area contributed by atoms with Crippen molar-refractivity contribution in [3.8, 4) is 28.7 Å². The van der Waals surface area contributed by atoms with E-state index in [2.05, 4.69) is 4.99 Å². The van der Waals surface area contributed by atoms with Crippen LogP contribution in [0, 0.1) is 0 Å². The molecule has 0 amide bonds. The highest BCUT2D eigenvalue weighted by atomic mass is 16.6. The molecule has 0 saturated heterocycles. The fourth-order valence-electron chi connectivity index (χ4n) is 3.28. The van der Waals surface area contributed by atoms with E-state index < -0.39 is 5.97 Å². The lowest BCUT2D eigenvalue weighted by atomic mass is 10.1. The molecule has 0 atom stereocenters. The lowest BCUT2D eigenvalue weighted by molar-refractivity contribution is -0.130. The van der Waals surface area contributed by atoms with Gasteiger partial charge in [0.05, 0.1) is 28.4 Å². The molecule has 2 aliphatic heterocycles. The number of nitrogens with zero attached hydrogens (tertiary/aromatic N) is 1. The average Bonchev–Trinajstić information content (AvgIpc) is 3.17. The number of ether oxygens (including phenoxy) is 6. The Balaban J connectivity index is 1.66. The molecule has 8 heteroatoms. The van der Waals surface area contributed by atoms with Crippen LogP contribution in [0.5, 0.6) is 28.7 Å². The molecule has 31 heavy (non-hydrogen) atoms. The maximum absolute atomic E-state index is 12.4. The topological polar surface area (TPSA) is 84.8 Å². The summed E-state index contributed by atoms with van der Waals surface area (Å²) in [5.41, 5.74) is 2.38. The molecule has 0 unspecified atom stereocenters. The summed E-state index contributed by atoms with van der Waals surface area (Å²) in [6.07, 6.45) is 3.59. The second-order valence-electron chi connectivity index (χ2n) is 6.66. The zero-order chi connectivity index (χ0) is 22.0. The fraction of sp³-hybridized carbons (Fsp3) is 0.217. The lowest BCUT2D eigenvalue weighted by Crippen LogP contribution is -2.08. The maximum atomic E-state index is 12.4. The SMILES string of the molecule is COc1ccc2c(c1)OCC(/C=C1\N=C(c3cc(OC)c(OC)c(OC)c3)OC1=O)=C2. The zero-order valence-electron chi connectivity index (χ0n) is 17.6. The highest BCUT2D eigenvalue weighted by Gasteiger charge is 2.27. The number of benzene rings is 2. The highest BCUT2D eigenvalue weighted by molar-refractivity contribution is 6.11. The van der Waals surface area contributed by atoms with Gasteiger partial charge in [-0.1, -0.05) is 0 Å². The quantitative estimate of drug-likeness (QED) is 0.520. The molecule has 4 rings (SSSR count). The Morgan fingerprint density at radius 2 is 1.71 bits per heavy atom. The summed E-state index contributed by atoms with van der Waals surface area (Å²) in [7, 11) is 6.14. The van der Waals surface area contributed by atoms with Crippen LogP contribution in [0.15, 0.2) is 52.7 Å². The number of esters is 1. The van der Waals surface area contributed by atoms with Gasteiger partial charge < -0.3 is 28.4 Å². The minimum atomic E-state index is -0.551. The summed E-state index contributed by atoms with van der Waals surface area (Å²) >= 11 is 0. The summed E-state index contributed by atoms with van der Waals surface area (Å²) in [6.45, 7) is 0.298. The van der Waals surface area contributed by atoms with E-state index in [0.29, 0.717) is 35.2 Å². The molecule has 8 nitrogen and oxygen atoms in total. The monoisotopic (exact) mass is 423 g/mol. The van der Waals surface area contributed by atoms with Crippen molar-refractivity contribution in [1.82, 2.24) is 0 Å². The molecular weight excluding hydrogens is 402 g/mol. The summed E-state index contributed by atoms with van der Waals surface area (Å²) in [5, 5.41) is 0. The van der Waals surface area contributed by atoms with E-state index in [4.69, 9.17) is 28.4 Å². The predicted molar refractivity (Wildman–Crippen MR) is 113 cm³/mol. The predicted octanol–water partition coefficient (Wildman–Crippen LogP) is 3.38. The molecule has 2 aromatic carbocycles. The van der Waals surface area contributed by atoms with Crippen LogP contribution in [0.4, 0.5) is 0 Å². The van der Waals surface area contributed by atoms with Crippen LogP contribution in [0.25, 0.3) is 6.08 Å². The van der Waals surface area contributed by atoms with Crippen molar-refractivity contribution in [2.45, 2.75) is 0 Å². The third-order valence-corrected chi connectivity index (χ3v) is 4.81. The van der Waals surface area contributed by atoms with Gasteiger partial charge in [-0.15, -0.1) is 0 Å². The number of aliphatic imine (C=N–C) groups is 1. The summed E-state index contributed by atoms with van der Waals surface area (Å²) < 4.78 is 32.4. The van der Waals surface area contributed by atoms with Crippen LogP contribution in [0.2, 0.25) is 0 Å². The first kappa shape index (κ1) is 20.3. The summed E-state index contributed by atoms with van der Waals surface area (Å²) in [6, 6.07) is 8.90. The van der Waals surface area contributed by atoms with Crippen molar-refractivity contribution in [2.24, 2.45) is 4.99 Å². The molecule has 2 heterocycles. The minimum absolute atomic E-state index is 0.151. The van der Waals surface area contributed by atoms with E-state index in [1.165, 1.54) is 21.3 Å². The van der Waals surface area contributed by atoms with Gasteiger partial charge in [-0.2, -0.15) is 0 Å². The van der Waals surface area contributed by atoms with Gasteiger partial charge in [0.1, 0.15) is 18.1 Å². The van der Waals surface area contributed by atoms with E-state index in [9.17, 15) is 4.79 Å². The average molecular weight is 423 g/mol. The molecular formula is C23H21NO7. The first-order valence-corrected chi connectivity index (χ1v) is 9.40. The van der Waals surface area contributed by atoms with Gasteiger partial charge in [-0.25, -0.2) is 9.79 Å². The van der Waals surface area contributed by atoms with Gasteiger partial charge in [0.15, 0.2) is 17.2 Å². The number of carbonyl (C=O) groups is 1. The molecule has 2 aliphatic rings. The van der Waals surface area contributed by atoms with E-state index in [1.807, 2.05) is 24.3 Å². The van der Waals surface area contributed by atoms with E-state index in [-0.39, 0.29) is 11.6 Å². The number of hydrogen-bond acceptors (Lipinski definition) is 8. The number of carbonyl (C=O) groups excluding carboxylic acids is 1. The van der Waals surface area contributed by atoms with Crippen LogP contribution in [0.3, 0.4) is 0 Å². The minimum Gasteiger partial charge on any atom is -0.497 e. The molecule has 0 aromatic heterocycles. The number of cyclic esters (lactones) is 1. The van der Waals surface area contributed by atoms with Crippen molar-refractivity contribution < 1.29 is 33.2 Å². The van der Waals surface area contributed by atoms with E-state index in [1.54, 1.807) is 25.3 Å². The summed E-state index contributed by atoms with van der Waals surface area (Å²) in [4.78, 5) is 16.8. The molecule has 0 bridgehead atoms. The fourth-order valence-corrected chi connectivity index (χ4v) is 3.28. The first-order valence-electron chi connectivity index (χ1n) is 9.40. The Bertz CT molecular complexity index is 1110. The van der Waals surface area contributed by atoms with Crippen LogP contribution in [-0.2, 0) is 9.53 Å². The van der Waals surface area contributed by atoms with E-state index in [0.717, 1.165) is 16.9 Å². The smallest absolute Gasteiger partial charge is 0.363 e. The summed E-state index contributed by atoms with van der Waals surface area (Å²) in [5.74, 6) is 2.34. The molecule has 0 aliphatic carbocycles. The largest absolute Gasteiger partial charge is 0.497 e. The van der Waals surface area contributed by atoms with Crippen LogP contribution in [0.1, 0.15) is 11.1 Å². The van der Waals surface area contributed by atoms with Gasteiger partial charge in [0.25, 0.3) is 0 Å². The van der Waals surface area contributed by atoms with Crippen LogP contribution < -0.4 is 23.7 Å². The van der Waals surface area contributed by atoms with Crippen molar-refractivity contribution in [1.29, 1.82) is 0 Å². The molecule has 2 aromatic rings. The van der Waals surface area contributed by atoms with Gasteiger partial charge in [-0.3, -0.25) is 0 Å². The molecule has 160 valence electrons. The normalized spacial score (nSPS) is 16.0. The number of hydrogen-bond donors (Lipinski definition) is 0. The Hall–Kier alpha value is -3.94. The maximum Gasteiger partial charge on any atom is 0.363 e. The Morgan fingerprint density at radius 1 is 0.968 bits per heavy atom. The second kappa shape index (κ2) is 8.43. The van der Waals surface area contributed by atoms with Crippen molar-refractivity contribution in [2.75, 3.05) is 35.0 Å². The van der Waals surface area contributed by atoms with E-state index >= 15 is 0 Å². The molecule has 0 saturated carbocycles. The third-order valence-electron chi connectivity index (χ3n) is 4.81. The van der Waals surface area contributed by atoms with Crippen LogP contribution in [-0.4, -0.2) is 46.9 Å². The van der Waals surface area contributed by atoms with Gasteiger partial charge >= 0.3 is 5.97 Å². The standard InChI is InChI=1S/C23H21NO7/c1-26-16-6-5-14-7-13(12-30-18(14)11-16)8-17-23(25)31-22(24-17)15-9-19(27-2)21(29-4)20(10-15)28-3/h5-11H,12H2,1-4H3/b17-8-. The Kier molecular flexibility index (Phi) is 5.53. The van der Waals surface area contributed by atoms with Crippen LogP contribution >= 0.6 is 0 Å².